The van der Waals surface area contributed by atoms with Gasteiger partial charge in [0.15, 0.2) is 0 Å². The Morgan fingerprint density at radius 3 is 2.74 bits per heavy atom. The molecule has 0 aromatic carbocycles. The van der Waals surface area contributed by atoms with E-state index in [0.29, 0.717) is 0 Å². The van der Waals surface area contributed by atoms with Gasteiger partial charge in [0.1, 0.15) is 0 Å². The molecule has 4 nitrogen and oxygen atoms in total. The van der Waals surface area contributed by atoms with E-state index in [1.807, 2.05) is 16.9 Å². The normalized spacial score (nSPS) is 22.2. The van der Waals surface area contributed by atoms with E-state index in [4.69, 9.17) is 0 Å². The number of halogens is 3. The molecule has 0 amide bonds. The summed E-state index contributed by atoms with van der Waals surface area (Å²) < 4.78 is 41.0. The van der Waals surface area contributed by atoms with Gasteiger partial charge in [0.05, 0.1) is 17.3 Å². The van der Waals surface area contributed by atoms with Crippen LogP contribution in [0.1, 0.15) is 43.0 Å². The molecule has 7 heteroatoms. The maximum atomic E-state index is 13.0. The molecule has 2 aromatic heterocycles. The smallest absolute Gasteiger partial charge is 0.306 e. The summed E-state index contributed by atoms with van der Waals surface area (Å²) in [7, 11) is 0. The van der Waals surface area contributed by atoms with Gasteiger partial charge in [0, 0.05) is 31.2 Å². The first-order chi connectivity index (χ1) is 11.1. The standard InChI is InChI=1S/C16H19F3N4/c17-16(18,19)12-5-3-8-20-14(12)11-21-13-6-1-2-7-15(13)23-10-4-9-22-23/h3-5,8-10,13,15,21H,1-2,6-7,11H2/t13-,15+/m0/s1. The van der Waals surface area contributed by atoms with Gasteiger partial charge < -0.3 is 5.32 Å². The summed E-state index contributed by atoms with van der Waals surface area (Å²) in [6.45, 7) is 0.109. The monoisotopic (exact) mass is 324 g/mol. The van der Waals surface area contributed by atoms with Gasteiger partial charge in [-0.1, -0.05) is 12.8 Å². The summed E-state index contributed by atoms with van der Waals surface area (Å²) in [6, 6.07) is 4.55. The minimum atomic E-state index is -4.38. The van der Waals surface area contributed by atoms with Crippen LogP contribution in [-0.2, 0) is 12.7 Å². The number of aromatic nitrogens is 3. The molecule has 1 aliphatic rings. The van der Waals surface area contributed by atoms with E-state index in [9.17, 15) is 13.2 Å². The Hall–Kier alpha value is -1.89. The molecule has 0 saturated heterocycles. The first kappa shape index (κ1) is 16.0. The van der Waals surface area contributed by atoms with Crippen molar-refractivity contribution < 1.29 is 13.2 Å². The molecule has 1 aliphatic carbocycles. The van der Waals surface area contributed by atoms with Crippen molar-refractivity contribution in [1.29, 1.82) is 0 Å². The second-order valence-electron chi connectivity index (χ2n) is 5.82. The topological polar surface area (TPSA) is 42.7 Å². The molecule has 1 fully saturated rings. The first-order valence-electron chi connectivity index (χ1n) is 7.79. The molecule has 0 aliphatic heterocycles. The minimum absolute atomic E-state index is 0.0461. The maximum Gasteiger partial charge on any atom is 0.418 e. The molecule has 0 bridgehead atoms. The number of rotatable bonds is 4. The zero-order chi connectivity index (χ0) is 16.3. The minimum Gasteiger partial charge on any atom is -0.306 e. The second-order valence-corrected chi connectivity index (χ2v) is 5.82. The van der Waals surface area contributed by atoms with Crippen LogP contribution in [0.15, 0.2) is 36.8 Å². The summed E-state index contributed by atoms with van der Waals surface area (Å²) in [5, 5.41) is 7.55. The molecule has 3 rings (SSSR count). The van der Waals surface area contributed by atoms with Gasteiger partial charge in [-0.15, -0.1) is 0 Å². The third-order valence-electron chi connectivity index (χ3n) is 4.32. The second kappa shape index (κ2) is 6.70. The average Bonchev–Trinajstić information content (AvgIpc) is 3.07. The van der Waals surface area contributed by atoms with Crippen LogP contribution in [0.5, 0.6) is 0 Å². The average molecular weight is 324 g/mol. The van der Waals surface area contributed by atoms with Gasteiger partial charge >= 0.3 is 6.18 Å². The highest BCUT2D eigenvalue weighted by Crippen LogP contribution is 2.32. The summed E-state index contributed by atoms with van der Waals surface area (Å²) in [5.74, 6) is 0. The number of nitrogens with one attached hydrogen (secondary N) is 1. The Morgan fingerprint density at radius 1 is 1.17 bits per heavy atom. The predicted molar refractivity (Wildman–Crippen MR) is 79.6 cm³/mol. The Balaban J connectivity index is 1.72. The lowest BCUT2D eigenvalue weighted by molar-refractivity contribution is -0.138. The van der Waals surface area contributed by atoms with Crippen LogP contribution in [0, 0.1) is 0 Å². The fourth-order valence-electron chi connectivity index (χ4n) is 3.21. The van der Waals surface area contributed by atoms with Gasteiger partial charge in [0.2, 0.25) is 0 Å². The quantitative estimate of drug-likeness (QED) is 0.935. The molecule has 2 atom stereocenters. The van der Waals surface area contributed by atoms with E-state index in [1.54, 1.807) is 6.20 Å². The number of pyridine rings is 1. The van der Waals surface area contributed by atoms with Crippen molar-refractivity contribution in [3.63, 3.8) is 0 Å². The highest BCUT2D eigenvalue weighted by Gasteiger charge is 2.34. The molecule has 23 heavy (non-hydrogen) atoms. The van der Waals surface area contributed by atoms with E-state index in [2.05, 4.69) is 15.4 Å². The molecule has 0 radical (unpaired) electrons. The molecule has 2 heterocycles. The zero-order valence-electron chi connectivity index (χ0n) is 12.6. The number of alkyl halides is 3. The predicted octanol–water partition coefficient (Wildman–Crippen LogP) is 3.57. The van der Waals surface area contributed by atoms with Crippen molar-refractivity contribution >= 4 is 0 Å². The van der Waals surface area contributed by atoms with Crippen molar-refractivity contribution in [3.8, 4) is 0 Å². The Morgan fingerprint density at radius 2 is 2.00 bits per heavy atom. The molecular formula is C16H19F3N4. The van der Waals surface area contributed by atoms with Gasteiger partial charge in [0.25, 0.3) is 0 Å². The van der Waals surface area contributed by atoms with E-state index in [1.165, 1.54) is 12.3 Å². The van der Waals surface area contributed by atoms with Gasteiger partial charge in [-0.25, -0.2) is 0 Å². The van der Waals surface area contributed by atoms with Crippen LogP contribution in [0.25, 0.3) is 0 Å². The van der Waals surface area contributed by atoms with Crippen molar-refractivity contribution in [1.82, 2.24) is 20.1 Å². The fraction of sp³-hybridized carbons (Fsp3) is 0.500. The molecular weight excluding hydrogens is 305 g/mol. The van der Waals surface area contributed by atoms with Crippen LogP contribution >= 0.6 is 0 Å². The lowest BCUT2D eigenvalue weighted by Crippen LogP contribution is -2.40. The molecule has 1 saturated carbocycles. The SMILES string of the molecule is FC(F)(F)c1cccnc1CN[C@H]1CCCC[C@H]1n1cccn1. The lowest BCUT2D eigenvalue weighted by Gasteiger charge is -2.32. The third-order valence-corrected chi connectivity index (χ3v) is 4.32. The molecule has 1 N–H and O–H groups in total. The van der Waals surface area contributed by atoms with Crippen LogP contribution in [0.2, 0.25) is 0 Å². The third kappa shape index (κ3) is 3.72. The van der Waals surface area contributed by atoms with Gasteiger partial charge in [-0.2, -0.15) is 18.3 Å². The first-order valence-corrected chi connectivity index (χ1v) is 7.79. The molecule has 124 valence electrons. The van der Waals surface area contributed by atoms with E-state index >= 15 is 0 Å². The fourth-order valence-corrected chi connectivity index (χ4v) is 3.21. The van der Waals surface area contributed by atoms with E-state index in [0.717, 1.165) is 31.7 Å². The van der Waals surface area contributed by atoms with Gasteiger partial charge in [-0.3, -0.25) is 9.67 Å². The van der Waals surface area contributed by atoms with Crippen LogP contribution in [0.3, 0.4) is 0 Å². The van der Waals surface area contributed by atoms with Gasteiger partial charge in [-0.05, 0) is 31.0 Å². The lowest BCUT2D eigenvalue weighted by atomic mass is 9.90. The molecule has 0 unspecified atom stereocenters. The Kier molecular flexibility index (Phi) is 4.66. The van der Waals surface area contributed by atoms with E-state index < -0.39 is 11.7 Å². The highest BCUT2D eigenvalue weighted by atomic mass is 19.4. The van der Waals surface area contributed by atoms with Crippen molar-refractivity contribution in [2.75, 3.05) is 0 Å². The Labute approximate surface area is 132 Å². The van der Waals surface area contributed by atoms with Crippen LogP contribution < -0.4 is 5.32 Å². The van der Waals surface area contributed by atoms with Crippen LogP contribution in [0.4, 0.5) is 13.2 Å². The van der Waals surface area contributed by atoms with E-state index in [-0.39, 0.29) is 24.3 Å². The van der Waals surface area contributed by atoms with Crippen molar-refractivity contribution in [2.24, 2.45) is 0 Å². The summed E-state index contributed by atoms with van der Waals surface area (Å²) >= 11 is 0. The van der Waals surface area contributed by atoms with Crippen molar-refractivity contribution in [3.05, 3.63) is 48.0 Å². The summed E-state index contributed by atoms with van der Waals surface area (Å²) in [6.07, 6.45) is 4.76. The summed E-state index contributed by atoms with van der Waals surface area (Å²) in [4.78, 5) is 3.91. The van der Waals surface area contributed by atoms with Crippen LogP contribution in [-0.4, -0.2) is 20.8 Å². The summed E-state index contributed by atoms with van der Waals surface area (Å²) in [5.41, 5.74) is -0.622. The van der Waals surface area contributed by atoms with Crippen molar-refractivity contribution in [2.45, 2.75) is 50.5 Å². The number of hydrogen-bond donors (Lipinski definition) is 1. The maximum absolute atomic E-state index is 13.0. The largest absolute Gasteiger partial charge is 0.418 e. The molecule has 0 spiro atoms. The number of hydrogen-bond acceptors (Lipinski definition) is 3. The molecule has 2 aromatic rings. The Bertz CT molecular complexity index is 625. The highest BCUT2D eigenvalue weighted by molar-refractivity contribution is 5.23. The zero-order valence-corrected chi connectivity index (χ0v) is 12.6. The number of nitrogens with zero attached hydrogens (tertiary/aromatic N) is 3.